The molecule has 0 bridgehead atoms. The van der Waals surface area contributed by atoms with Crippen LogP contribution in [-0.4, -0.2) is 22.7 Å². The van der Waals surface area contributed by atoms with E-state index in [1.807, 2.05) is 13.0 Å². The van der Waals surface area contributed by atoms with E-state index in [1.165, 1.54) is 12.1 Å². The van der Waals surface area contributed by atoms with Gasteiger partial charge in [0.15, 0.2) is 0 Å². The zero-order chi connectivity index (χ0) is 14.6. The minimum atomic E-state index is -0.473. The maximum atomic E-state index is 10.8. The number of anilines is 1. The zero-order valence-corrected chi connectivity index (χ0v) is 11.9. The Balaban J connectivity index is 2.65. The van der Waals surface area contributed by atoms with Crippen molar-refractivity contribution in [1.29, 1.82) is 0 Å². The summed E-state index contributed by atoms with van der Waals surface area (Å²) in [7, 11) is 0. The van der Waals surface area contributed by atoms with Crippen LogP contribution in [-0.2, 0) is 0 Å². The molecule has 0 aromatic heterocycles. The number of hydrogen-bond donors (Lipinski definition) is 2. The Labute approximate surface area is 113 Å². The molecule has 0 saturated heterocycles. The monoisotopic (exact) mass is 266 g/mol. The summed E-state index contributed by atoms with van der Waals surface area (Å²) >= 11 is 0. The van der Waals surface area contributed by atoms with Crippen molar-refractivity contribution in [2.24, 2.45) is 5.41 Å². The molecule has 1 aromatic rings. The molecule has 0 spiro atoms. The lowest BCUT2D eigenvalue weighted by molar-refractivity contribution is -0.384. The average molecular weight is 266 g/mol. The van der Waals surface area contributed by atoms with Gasteiger partial charge in [-0.15, -0.1) is 0 Å². The zero-order valence-electron chi connectivity index (χ0n) is 11.9. The minimum absolute atomic E-state index is 0.0553. The molecule has 19 heavy (non-hydrogen) atoms. The van der Waals surface area contributed by atoms with E-state index in [9.17, 15) is 15.2 Å². The number of nitro benzene ring substituents is 1. The van der Waals surface area contributed by atoms with Gasteiger partial charge in [-0.2, -0.15) is 0 Å². The lowest BCUT2D eigenvalue weighted by atomic mass is 9.89. The smallest absolute Gasteiger partial charge is 0.271 e. The third-order valence-corrected chi connectivity index (χ3v) is 2.66. The fraction of sp³-hybridized carbons (Fsp3) is 0.571. The molecule has 0 fully saturated rings. The number of benzene rings is 1. The van der Waals surface area contributed by atoms with E-state index in [0.29, 0.717) is 18.7 Å². The molecule has 0 aliphatic carbocycles. The van der Waals surface area contributed by atoms with Crippen LogP contribution in [0.2, 0.25) is 0 Å². The molecule has 1 rings (SSSR count). The first-order valence-electron chi connectivity index (χ1n) is 6.35. The van der Waals surface area contributed by atoms with Gasteiger partial charge in [0, 0.05) is 24.4 Å². The van der Waals surface area contributed by atoms with Crippen LogP contribution < -0.4 is 5.32 Å². The van der Waals surface area contributed by atoms with Crippen LogP contribution in [0.4, 0.5) is 11.4 Å². The van der Waals surface area contributed by atoms with Gasteiger partial charge < -0.3 is 10.4 Å². The van der Waals surface area contributed by atoms with Gasteiger partial charge in [0.25, 0.3) is 5.69 Å². The molecule has 0 radical (unpaired) electrons. The molecule has 5 heteroatoms. The third-order valence-electron chi connectivity index (χ3n) is 2.66. The lowest BCUT2D eigenvalue weighted by Crippen LogP contribution is -2.25. The van der Waals surface area contributed by atoms with Crippen LogP contribution in [0.25, 0.3) is 0 Å². The summed E-state index contributed by atoms with van der Waals surface area (Å²) in [6.07, 6.45) is 0.202. The molecule has 1 aromatic carbocycles. The van der Waals surface area contributed by atoms with Crippen LogP contribution in [0.15, 0.2) is 18.2 Å². The molecule has 0 aliphatic heterocycles. The number of nitro groups is 1. The first kappa shape index (κ1) is 15.4. The van der Waals surface area contributed by atoms with E-state index in [1.54, 1.807) is 0 Å². The topological polar surface area (TPSA) is 75.4 Å². The van der Waals surface area contributed by atoms with E-state index in [2.05, 4.69) is 26.1 Å². The molecule has 1 atom stereocenters. The summed E-state index contributed by atoms with van der Waals surface area (Å²) in [6.45, 7) is 8.39. The number of aliphatic hydroxyl groups is 1. The Morgan fingerprint density at radius 2 is 2.00 bits per heavy atom. The van der Waals surface area contributed by atoms with Gasteiger partial charge in [-0.1, -0.05) is 20.8 Å². The molecule has 106 valence electrons. The van der Waals surface area contributed by atoms with Crippen molar-refractivity contribution >= 4 is 11.4 Å². The van der Waals surface area contributed by atoms with Crippen molar-refractivity contribution in [1.82, 2.24) is 0 Å². The summed E-state index contributed by atoms with van der Waals surface area (Å²) in [5.41, 5.74) is 1.61. The number of nitrogens with zero attached hydrogens (tertiary/aromatic N) is 1. The maximum absolute atomic E-state index is 10.8. The summed E-state index contributed by atoms with van der Waals surface area (Å²) in [5.74, 6) is 0. The van der Waals surface area contributed by atoms with Crippen LogP contribution in [0, 0.1) is 22.5 Å². The van der Waals surface area contributed by atoms with Gasteiger partial charge in [0.2, 0.25) is 0 Å². The number of non-ortho nitro benzene ring substituents is 1. The van der Waals surface area contributed by atoms with Gasteiger partial charge in [0.1, 0.15) is 0 Å². The molecule has 0 aliphatic rings. The largest absolute Gasteiger partial charge is 0.391 e. The number of aliphatic hydroxyl groups excluding tert-OH is 1. The predicted octanol–water partition coefficient (Wildman–Crippen LogP) is 3.11. The van der Waals surface area contributed by atoms with E-state index in [0.717, 1.165) is 5.56 Å². The van der Waals surface area contributed by atoms with E-state index in [-0.39, 0.29) is 11.1 Å². The van der Waals surface area contributed by atoms with Gasteiger partial charge >= 0.3 is 0 Å². The fourth-order valence-corrected chi connectivity index (χ4v) is 1.99. The number of aryl methyl sites for hydroxylation is 1. The second-order valence-electron chi connectivity index (χ2n) is 6.11. The minimum Gasteiger partial charge on any atom is -0.391 e. The maximum Gasteiger partial charge on any atom is 0.271 e. The molecular weight excluding hydrogens is 244 g/mol. The highest BCUT2D eigenvalue weighted by Gasteiger charge is 2.16. The van der Waals surface area contributed by atoms with E-state index < -0.39 is 11.0 Å². The Bertz CT molecular complexity index is 452. The average Bonchev–Trinajstić information content (AvgIpc) is 2.23. The highest BCUT2D eigenvalue weighted by molar-refractivity contribution is 5.53. The molecule has 5 nitrogen and oxygen atoms in total. The van der Waals surface area contributed by atoms with Gasteiger partial charge in [-0.25, -0.2) is 0 Å². The molecular formula is C14H22N2O3. The second-order valence-corrected chi connectivity index (χ2v) is 6.11. The van der Waals surface area contributed by atoms with Crippen molar-refractivity contribution in [3.63, 3.8) is 0 Å². The number of rotatable bonds is 5. The molecule has 0 amide bonds. The van der Waals surface area contributed by atoms with E-state index >= 15 is 0 Å². The lowest BCUT2D eigenvalue weighted by Gasteiger charge is -2.22. The molecule has 0 heterocycles. The van der Waals surface area contributed by atoms with Crippen molar-refractivity contribution in [3.8, 4) is 0 Å². The highest BCUT2D eigenvalue weighted by Crippen LogP contribution is 2.23. The fourth-order valence-electron chi connectivity index (χ4n) is 1.99. The van der Waals surface area contributed by atoms with Crippen LogP contribution >= 0.6 is 0 Å². The van der Waals surface area contributed by atoms with Crippen LogP contribution in [0.5, 0.6) is 0 Å². The molecule has 2 N–H and O–H groups in total. The standard InChI is InChI=1S/C14H22N2O3/c1-10-5-11(7-12(6-10)16(18)19)15-9-13(17)8-14(2,3)4/h5-7,13,15,17H,8-9H2,1-4H3. The summed E-state index contributed by atoms with van der Waals surface area (Å²) in [5, 5.41) is 23.7. The Hall–Kier alpha value is -1.62. The van der Waals surface area contributed by atoms with Crippen molar-refractivity contribution < 1.29 is 10.0 Å². The van der Waals surface area contributed by atoms with Gasteiger partial charge in [-0.05, 0) is 30.4 Å². The predicted molar refractivity (Wildman–Crippen MR) is 76.4 cm³/mol. The SMILES string of the molecule is Cc1cc(NCC(O)CC(C)(C)C)cc([N+](=O)[O-])c1. The third kappa shape index (κ3) is 5.70. The first-order valence-corrected chi connectivity index (χ1v) is 6.35. The van der Waals surface area contributed by atoms with Crippen molar-refractivity contribution in [3.05, 3.63) is 33.9 Å². The number of nitrogens with one attached hydrogen (secondary N) is 1. The van der Waals surface area contributed by atoms with Crippen LogP contribution in [0.1, 0.15) is 32.8 Å². The Morgan fingerprint density at radius 3 is 2.53 bits per heavy atom. The first-order chi connectivity index (χ1) is 8.67. The van der Waals surface area contributed by atoms with Crippen molar-refractivity contribution in [2.45, 2.75) is 40.2 Å². The summed E-state index contributed by atoms with van der Waals surface area (Å²) in [4.78, 5) is 10.3. The molecule has 1 unspecified atom stereocenters. The normalized spacial score (nSPS) is 13.1. The quantitative estimate of drug-likeness (QED) is 0.634. The van der Waals surface area contributed by atoms with Gasteiger partial charge in [-0.3, -0.25) is 10.1 Å². The van der Waals surface area contributed by atoms with Crippen molar-refractivity contribution in [2.75, 3.05) is 11.9 Å². The number of hydrogen-bond acceptors (Lipinski definition) is 4. The molecule has 0 saturated carbocycles. The summed E-state index contributed by atoms with van der Waals surface area (Å²) in [6, 6.07) is 4.84. The van der Waals surface area contributed by atoms with Crippen LogP contribution in [0.3, 0.4) is 0 Å². The Kier molecular flexibility index (Phi) is 4.89. The van der Waals surface area contributed by atoms with Gasteiger partial charge in [0.05, 0.1) is 11.0 Å². The Morgan fingerprint density at radius 1 is 1.37 bits per heavy atom. The van der Waals surface area contributed by atoms with E-state index in [4.69, 9.17) is 0 Å². The second kappa shape index (κ2) is 6.02. The highest BCUT2D eigenvalue weighted by atomic mass is 16.6. The summed E-state index contributed by atoms with van der Waals surface area (Å²) < 4.78 is 0.